The Morgan fingerprint density at radius 2 is 1.83 bits per heavy atom. The molecule has 0 unspecified atom stereocenters. The standard InChI is InChI=1S/C30H23Cl2F3N4O3/c31-21-11-36-12-22(32)25(21)26-18(27(42-38-26)16-2-3-16)5-1-15-9-29(10-15)13-39(14-29)17-4-6-23-19(7-17)20(30(33,34)35)8-24(37-23)28(40)41/h1,4-8,11-12,15-16H,2-3,9-10,13-14H2,(H,40,41)/b5-1+. The number of halogens is 5. The summed E-state index contributed by atoms with van der Waals surface area (Å²) >= 11 is 12.8. The molecule has 0 amide bonds. The number of rotatable bonds is 6. The van der Waals surface area contributed by atoms with E-state index in [4.69, 9.17) is 27.7 Å². The molecule has 4 heterocycles. The molecule has 2 aliphatic carbocycles. The number of aromatic nitrogens is 3. The Bertz CT molecular complexity index is 1750. The maximum atomic E-state index is 13.8. The van der Waals surface area contributed by atoms with E-state index in [1.165, 1.54) is 24.5 Å². The quantitative estimate of drug-likeness (QED) is 0.234. The van der Waals surface area contributed by atoms with Crippen molar-refractivity contribution in [1.29, 1.82) is 0 Å². The molecule has 3 aromatic heterocycles. The van der Waals surface area contributed by atoms with Gasteiger partial charge in [0.1, 0.15) is 17.1 Å². The molecule has 0 atom stereocenters. The number of hydrogen-bond donors (Lipinski definition) is 1. The number of fused-ring (bicyclic) bond motifs is 1. The molecule has 216 valence electrons. The summed E-state index contributed by atoms with van der Waals surface area (Å²) in [5.74, 6) is 0.0219. The average Bonchev–Trinajstić information content (AvgIpc) is 3.65. The maximum Gasteiger partial charge on any atom is 0.417 e. The summed E-state index contributed by atoms with van der Waals surface area (Å²) in [6, 6.07) is 5.22. The SMILES string of the molecule is O=C(O)c1cc(C(F)(F)F)c2cc(N3CC4(CC(/C=C/c5c(-c6c(Cl)cncc6Cl)noc5C5CC5)C4)C3)ccc2n1. The Hall–Kier alpha value is -3.63. The van der Waals surface area contributed by atoms with Crippen molar-refractivity contribution < 1.29 is 27.6 Å². The van der Waals surface area contributed by atoms with Gasteiger partial charge in [0.15, 0.2) is 0 Å². The van der Waals surface area contributed by atoms with E-state index in [1.807, 2.05) is 0 Å². The van der Waals surface area contributed by atoms with Crippen LogP contribution in [0.5, 0.6) is 0 Å². The smallest absolute Gasteiger partial charge is 0.417 e. The molecule has 0 bridgehead atoms. The third-order valence-electron chi connectivity index (χ3n) is 8.45. The number of carboxylic acids is 1. The van der Waals surface area contributed by atoms with Gasteiger partial charge < -0.3 is 14.5 Å². The van der Waals surface area contributed by atoms with Crippen LogP contribution in [0.4, 0.5) is 18.9 Å². The molecular formula is C30H23Cl2F3N4O3. The van der Waals surface area contributed by atoms with E-state index in [0.717, 1.165) is 50.1 Å². The summed E-state index contributed by atoms with van der Waals surface area (Å²) in [7, 11) is 0. The molecule has 7 nitrogen and oxygen atoms in total. The first kappa shape index (κ1) is 27.2. The third-order valence-corrected chi connectivity index (χ3v) is 9.03. The van der Waals surface area contributed by atoms with Crippen LogP contribution in [0.3, 0.4) is 0 Å². The summed E-state index contributed by atoms with van der Waals surface area (Å²) < 4.78 is 47.0. The predicted octanol–water partition coefficient (Wildman–Crippen LogP) is 8.12. The van der Waals surface area contributed by atoms with E-state index in [1.54, 1.807) is 6.07 Å². The van der Waals surface area contributed by atoms with Crippen molar-refractivity contribution in [1.82, 2.24) is 15.1 Å². The van der Waals surface area contributed by atoms with Crippen LogP contribution in [-0.2, 0) is 6.18 Å². The fourth-order valence-corrected chi connectivity index (χ4v) is 6.85. The van der Waals surface area contributed by atoms with E-state index in [2.05, 4.69) is 32.2 Å². The molecule has 1 aromatic carbocycles. The minimum atomic E-state index is -4.70. The molecule has 3 aliphatic rings. The predicted molar refractivity (Wildman–Crippen MR) is 152 cm³/mol. The van der Waals surface area contributed by atoms with Crippen molar-refractivity contribution in [3.8, 4) is 11.3 Å². The van der Waals surface area contributed by atoms with E-state index in [9.17, 15) is 23.1 Å². The Balaban J connectivity index is 1.07. The molecule has 7 rings (SSSR count). The Kier molecular flexibility index (Phi) is 6.29. The fourth-order valence-electron chi connectivity index (χ4n) is 6.31. The first-order valence-corrected chi connectivity index (χ1v) is 14.2. The number of nitrogens with zero attached hydrogens (tertiary/aromatic N) is 4. The van der Waals surface area contributed by atoms with E-state index < -0.39 is 23.4 Å². The van der Waals surface area contributed by atoms with E-state index in [0.29, 0.717) is 44.9 Å². The van der Waals surface area contributed by atoms with Gasteiger partial charge in [-0.15, -0.1) is 0 Å². The van der Waals surface area contributed by atoms with Gasteiger partial charge in [-0.3, -0.25) is 4.98 Å². The number of aromatic carboxylic acids is 1. The van der Waals surface area contributed by atoms with Crippen molar-refractivity contribution in [2.45, 2.75) is 37.8 Å². The molecule has 1 aliphatic heterocycles. The maximum absolute atomic E-state index is 13.8. The average molecular weight is 615 g/mol. The van der Waals surface area contributed by atoms with E-state index in [-0.39, 0.29) is 16.3 Å². The van der Waals surface area contributed by atoms with Gasteiger partial charge in [-0.05, 0) is 55.9 Å². The highest BCUT2D eigenvalue weighted by atomic mass is 35.5. The molecule has 4 aromatic rings. The normalized spacial score (nSPS) is 18.5. The summed E-state index contributed by atoms with van der Waals surface area (Å²) in [5.41, 5.74) is 1.24. The van der Waals surface area contributed by atoms with Crippen LogP contribution < -0.4 is 4.90 Å². The van der Waals surface area contributed by atoms with E-state index >= 15 is 0 Å². The number of pyridine rings is 2. The van der Waals surface area contributed by atoms with Crippen molar-refractivity contribution >= 4 is 51.8 Å². The van der Waals surface area contributed by atoms with Crippen LogP contribution in [0.1, 0.15) is 59.0 Å². The number of benzene rings is 1. The zero-order valence-electron chi connectivity index (χ0n) is 22.0. The molecule has 1 saturated heterocycles. The largest absolute Gasteiger partial charge is 0.477 e. The second-order valence-corrected chi connectivity index (χ2v) is 12.3. The Labute approximate surface area is 247 Å². The topological polar surface area (TPSA) is 92.3 Å². The van der Waals surface area contributed by atoms with Crippen LogP contribution in [-0.4, -0.2) is 39.3 Å². The first-order chi connectivity index (χ1) is 20.0. The molecule has 1 N–H and O–H groups in total. The monoisotopic (exact) mass is 614 g/mol. The number of hydrogen-bond acceptors (Lipinski definition) is 6. The first-order valence-electron chi connectivity index (χ1n) is 13.5. The van der Waals surface area contributed by atoms with Crippen LogP contribution in [0.25, 0.3) is 28.2 Å². The van der Waals surface area contributed by atoms with Crippen molar-refractivity contribution in [3.63, 3.8) is 0 Å². The zero-order chi connectivity index (χ0) is 29.4. The number of allylic oxidation sites excluding steroid dienone is 1. The molecule has 0 radical (unpaired) electrons. The lowest BCUT2D eigenvalue weighted by atomic mass is 9.57. The molecule has 12 heteroatoms. The highest BCUT2D eigenvalue weighted by Crippen LogP contribution is 2.54. The lowest BCUT2D eigenvalue weighted by Gasteiger charge is -2.59. The number of alkyl halides is 3. The van der Waals surface area contributed by atoms with Crippen LogP contribution in [0.2, 0.25) is 10.0 Å². The van der Waals surface area contributed by atoms with Gasteiger partial charge >= 0.3 is 12.1 Å². The van der Waals surface area contributed by atoms with Crippen molar-refractivity contribution in [2.24, 2.45) is 11.3 Å². The van der Waals surface area contributed by atoms with Gasteiger partial charge in [0.05, 0.1) is 21.1 Å². The number of anilines is 1. The van der Waals surface area contributed by atoms with Crippen molar-refractivity contribution in [2.75, 3.05) is 18.0 Å². The Morgan fingerprint density at radius 3 is 2.48 bits per heavy atom. The van der Waals surface area contributed by atoms with Gasteiger partial charge in [0.25, 0.3) is 0 Å². The number of carbonyl (C=O) groups is 1. The van der Waals surface area contributed by atoms with Gasteiger partial charge in [0, 0.05) is 59.0 Å². The Morgan fingerprint density at radius 1 is 1.12 bits per heavy atom. The zero-order valence-corrected chi connectivity index (χ0v) is 23.5. The van der Waals surface area contributed by atoms with Gasteiger partial charge in [-0.2, -0.15) is 13.2 Å². The summed E-state index contributed by atoms with van der Waals surface area (Å²) in [6.07, 6.45) is 6.61. The lowest BCUT2D eigenvalue weighted by Crippen LogP contribution is -2.62. The van der Waals surface area contributed by atoms with Gasteiger partial charge in [-0.1, -0.05) is 40.5 Å². The van der Waals surface area contributed by atoms with Crippen molar-refractivity contribution in [3.05, 3.63) is 75.4 Å². The molecule has 2 saturated carbocycles. The summed E-state index contributed by atoms with van der Waals surface area (Å²) in [5, 5.41) is 14.2. The van der Waals surface area contributed by atoms with Crippen LogP contribution >= 0.6 is 23.2 Å². The minimum Gasteiger partial charge on any atom is -0.477 e. The molecule has 3 fully saturated rings. The fraction of sp³-hybridized carbons (Fsp3) is 0.333. The summed E-state index contributed by atoms with van der Waals surface area (Å²) in [4.78, 5) is 21.3. The van der Waals surface area contributed by atoms with Gasteiger partial charge in [0.2, 0.25) is 0 Å². The lowest BCUT2D eigenvalue weighted by molar-refractivity contribution is -0.136. The third kappa shape index (κ3) is 4.70. The molecular weight excluding hydrogens is 592 g/mol. The van der Waals surface area contributed by atoms with Crippen LogP contribution in [0, 0.1) is 11.3 Å². The second-order valence-electron chi connectivity index (χ2n) is 11.5. The molecule has 42 heavy (non-hydrogen) atoms. The van der Waals surface area contributed by atoms with Crippen LogP contribution in [0.15, 0.2) is 47.3 Å². The minimum absolute atomic E-state index is 0.00284. The highest BCUT2D eigenvalue weighted by molar-refractivity contribution is 6.39. The summed E-state index contributed by atoms with van der Waals surface area (Å²) in [6.45, 7) is 1.47. The van der Waals surface area contributed by atoms with Gasteiger partial charge in [-0.25, -0.2) is 9.78 Å². The second kappa shape index (κ2) is 9.70. The number of carboxylic acid groups (broad SMARTS) is 1. The highest BCUT2D eigenvalue weighted by Gasteiger charge is 2.51. The molecule has 1 spiro atoms.